The van der Waals surface area contributed by atoms with E-state index in [0.29, 0.717) is 18.1 Å². The molecular formula is C13H22O3S. The van der Waals surface area contributed by atoms with Gasteiger partial charge in [-0.2, -0.15) is 0 Å². The number of ether oxygens (including phenoxy) is 1. The summed E-state index contributed by atoms with van der Waals surface area (Å²) >= 11 is 0. The molecule has 4 heteroatoms. The van der Waals surface area contributed by atoms with Gasteiger partial charge in [0.05, 0.1) is 24.4 Å². The van der Waals surface area contributed by atoms with Crippen LogP contribution >= 0.6 is 0 Å². The Bertz CT molecular complexity index is 373. The van der Waals surface area contributed by atoms with E-state index in [1.165, 1.54) is 31.3 Å². The van der Waals surface area contributed by atoms with Gasteiger partial charge in [-0.1, -0.05) is 6.92 Å². The Labute approximate surface area is 104 Å². The first kappa shape index (κ1) is 12.9. The zero-order valence-corrected chi connectivity index (χ0v) is 11.4. The fourth-order valence-electron chi connectivity index (χ4n) is 2.48. The molecule has 2 rings (SSSR count). The van der Waals surface area contributed by atoms with Gasteiger partial charge >= 0.3 is 0 Å². The topological polar surface area (TPSA) is 43.4 Å². The van der Waals surface area contributed by atoms with Crippen molar-refractivity contribution in [2.45, 2.75) is 45.4 Å². The molecule has 0 aromatic rings. The van der Waals surface area contributed by atoms with Gasteiger partial charge in [0.25, 0.3) is 0 Å². The number of hydrogen-bond acceptors (Lipinski definition) is 3. The van der Waals surface area contributed by atoms with E-state index in [1.807, 2.05) is 6.26 Å². The normalized spacial score (nSPS) is 26.8. The fourth-order valence-corrected chi connectivity index (χ4v) is 4.29. The van der Waals surface area contributed by atoms with Crippen LogP contribution in [0, 0.1) is 5.41 Å². The van der Waals surface area contributed by atoms with E-state index in [4.69, 9.17) is 4.74 Å². The van der Waals surface area contributed by atoms with E-state index in [1.54, 1.807) is 0 Å². The molecule has 0 aromatic carbocycles. The molecule has 1 aliphatic carbocycles. The molecule has 0 spiro atoms. The van der Waals surface area contributed by atoms with E-state index in [0.717, 1.165) is 12.8 Å². The van der Waals surface area contributed by atoms with Crippen molar-refractivity contribution in [2.24, 2.45) is 5.41 Å². The Morgan fingerprint density at radius 3 is 2.41 bits per heavy atom. The largest absolute Gasteiger partial charge is 0.501 e. The third-order valence-corrected chi connectivity index (χ3v) is 5.61. The van der Waals surface area contributed by atoms with Crippen molar-refractivity contribution in [1.29, 1.82) is 0 Å². The van der Waals surface area contributed by atoms with Crippen LogP contribution in [0.25, 0.3) is 0 Å². The van der Waals surface area contributed by atoms with Crippen molar-refractivity contribution in [1.82, 2.24) is 0 Å². The molecule has 1 saturated carbocycles. The third-order valence-electron chi connectivity index (χ3n) is 3.96. The predicted molar refractivity (Wildman–Crippen MR) is 68.5 cm³/mol. The summed E-state index contributed by atoms with van der Waals surface area (Å²) in [5.74, 6) is 0.646. The number of allylic oxidation sites excluding steroid dienone is 1. The summed E-state index contributed by atoms with van der Waals surface area (Å²) in [7, 11) is -2.77. The Balaban J connectivity index is 1.80. The summed E-state index contributed by atoms with van der Waals surface area (Å²) in [5.41, 5.74) is 1.46. The lowest BCUT2D eigenvalue weighted by Crippen LogP contribution is -2.34. The Kier molecular flexibility index (Phi) is 3.81. The quantitative estimate of drug-likeness (QED) is 0.731. The number of hydrogen-bond donors (Lipinski definition) is 0. The molecule has 17 heavy (non-hydrogen) atoms. The smallest absolute Gasteiger partial charge is 0.150 e. The highest BCUT2D eigenvalue weighted by molar-refractivity contribution is 7.91. The van der Waals surface area contributed by atoms with Gasteiger partial charge in [-0.05, 0) is 44.1 Å². The second kappa shape index (κ2) is 5.01. The summed E-state index contributed by atoms with van der Waals surface area (Å²) in [6.07, 6.45) is 8.30. The monoisotopic (exact) mass is 258 g/mol. The van der Waals surface area contributed by atoms with Crippen molar-refractivity contribution in [3.05, 3.63) is 11.8 Å². The molecule has 3 nitrogen and oxygen atoms in total. The minimum Gasteiger partial charge on any atom is -0.501 e. The standard InChI is InChI=1S/C13H22O3S/c1-13(6-8-17(14,15)9-7-13)11-16-10-12-4-2-3-5-12/h10H,2-9,11H2,1H3. The second-order valence-corrected chi connectivity index (χ2v) is 8.06. The summed E-state index contributed by atoms with van der Waals surface area (Å²) in [6.45, 7) is 2.79. The maximum Gasteiger partial charge on any atom is 0.150 e. The van der Waals surface area contributed by atoms with Gasteiger partial charge in [0.2, 0.25) is 0 Å². The summed E-state index contributed by atoms with van der Waals surface area (Å²) in [5, 5.41) is 0. The molecule has 0 radical (unpaired) electrons. The van der Waals surface area contributed by atoms with Crippen LogP contribution in [0.4, 0.5) is 0 Å². The lowest BCUT2D eigenvalue weighted by atomic mass is 9.85. The van der Waals surface area contributed by atoms with Crippen molar-refractivity contribution in [3.8, 4) is 0 Å². The van der Waals surface area contributed by atoms with E-state index in [2.05, 4.69) is 6.92 Å². The molecule has 0 atom stereocenters. The highest BCUT2D eigenvalue weighted by Gasteiger charge is 2.33. The van der Waals surface area contributed by atoms with Gasteiger partial charge in [-0.15, -0.1) is 0 Å². The zero-order valence-electron chi connectivity index (χ0n) is 10.6. The molecule has 1 saturated heterocycles. The van der Waals surface area contributed by atoms with E-state index >= 15 is 0 Å². The lowest BCUT2D eigenvalue weighted by Gasteiger charge is -2.32. The molecule has 2 fully saturated rings. The highest BCUT2D eigenvalue weighted by Crippen LogP contribution is 2.32. The minimum absolute atomic E-state index is 0.0426. The van der Waals surface area contributed by atoms with Gasteiger partial charge in [-0.3, -0.25) is 0 Å². The molecule has 1 heterocycles. The first-order valence-electron chi connectivity index (χ1n) is 6.49. The number of rotatable bonds is 3. The van der Waals surface area contributed by atoms with E-state index in [-0.39, 0.29) is 5.41 Å². The summed E-state index contributed by atoms with van der Waals surface area (Å²) < 4.78 is 28.4. The van der Waals surface area contributed by atoms with Gasteiger partial charge in [-0.25, -0.2) is 8.42 Å². The second-order valence-electron chi connectivity index (χ2n) is 5.76. The lowest BCUT2D eigenvalue weighted by molar-refractivity contribution is 0.111. The maximum absolute atomic E-state index is 11.4. The zero-order chi connectivity index (χ0) is 12.4. The molecule has 0 aromatic heterocycles. The van der Waals surface area contributed by atoms with Crippen LogP contribution in [0.3, 0.4) is 0 Å². The average Bonchev–Trinajstić information content (AvgIpc) is 2.77. The van der Waals surface area contributed by atoms with Crippen LogP contribution in [0.5, 0.6) is 0 Å². The molecular weight excluding hydrogens is 236 g/mol. The van der Waals surface area contributed by atoms with E-state index in [9.17, 15) is 8.42 Å². The Morgan fingerprint density at radius 2 is 1.82 bits per heavy atom. The van der Waals surface area contributed by atoms with Crippen molar-refractivity contribution < 1.29 is 13.2 Å². The minimum atomic E-state index is -2.77. The number of sulfone groups is 1. The molecule has 0 N–H and O–H groups in total. The highest BCUT2D eigenvalue weighted by atomic mass is 32.2. The first-order valence-corrected chi connectivity index (χ1v) is 8.31. The van der Waals surface area contributed by atoms with Crippen LogP contribution in [0.2, 0.25) is 0 Å². The van der Waals surface area contributed by atoms with Crippen LogP contribution < -0.4 is 0 Å². The SMILES string of the molecule is CC1(COC=C2CCCC2)CCS(=O)(=O)CC1. The van der Waals surface area contributed by atoms with Gasteiger partial charge < -0.3 is 4.74 Å². The molecule has 0 unspecified atom stereocenters. The summed E-state index contributed by atoms with van der Waals surface area (Å²) in [6, 6.07) is 0. The van der Waals surface area contributed by atoms with Gasteiger partial charge in [0, 0.05) is 5.41 Å². The van der Waals surface area contributed by atoms with Crippen LogP contribution in [0.15, 0.2) is 11.8 Å². The van der Waals surface area contributed by atoms with E-state index < -0.39 is 9.84 Å². The Morgan fingerprint density at radius 1 is 1.24 bits per heavy atom. The van der Waals surface area contributed by atoms with Crippen LogP contribution in [-0.2, 0) is 14.6 Å². The fraction of sp³-hybridized carbons (Fsp3) is 0.846. The van der Waals surface area contributed by atoms with Gasteiger partial charge in [0.1, 0.15) is 9.84 Å². The predicted octanol–water partition coefficient (Wildman–Crippen LogP) is 2.68. The molecule has 2 aliphatic rings. The molecule has 98 valence electrons. The van der Waals surface area contributed by atoms with Gasteiger partial charge in [0.15, 0.2) is 0 Å². The maximum atomic E-state index is 11.4. The summed E-state index contributed by atoms with van der Waals surface area (Å²) in [4.78, 5) is 0. The van der Waals surface area contributed by atoms with Crippen LogP contribution in [-0.4, -0.2) is 26.5 Å². The van der Waals surface area contributed by atoms with Crippen molar-refractivity contribution in [3.63, 3.8) is 0 Å². The third kappa shape index (κ3) is 3.73. The van der Waals surface area contributed by atoms with Crippen LogP contribution in [0.1, 0.15) is 45.4 Å². The van der Waals surface area contributed by atoms with Crippen molar-refractivity contribution >= 4 is 9.84 Å². The first-order chi connectivity index (χ1) is 7.99. The average molecular weight is 258 g/mol. The molecule has 0 amide bonds. The van der Waals surface area contributed by atoms with Crippen molar-refractivity contribution in [2.75, 3.05) is 18.1 Å². The molecule has 1 aliphatic heterocycles. The molecule has 0 bridgehead atoms. The Hall–Kier alpha value is -0.510.